The first-order chi connectivity index (χ1) is 13.9. The SMILES string of the molecule is CCCCN1C(=O)C(=O)/C(=C(\O)c2ccc(Cl)c(Cl)c2)C1c1cccc(OC)c1. The molecule has 1 amide bonds. The summed E-state index contributed by atoms with van der Waals surface area (Å²) in [5, 5.41) is 11.5. The summed E-state index contributed by atoms with van der Waals surface area (Å²) in [6, 6.07) is 11.0. The van der Waals surface area contributed by atoms with Crippen LogP contribution in [0.15, 0.2) is 48.0 Å². The molecule has 0 radical (unpaired) electrons. The third-order valence-corrected chi connectivity index (χ3v) is 5.63. The molecular weight excluding hydrogens is 413 g/mol. The van der Waals surface area contributed by atoms with Crippen molar-refractivity contribution in [2.24, 2.45) is 0 Å². The fraction of sp³-hybridized carbons (Fsp3) is 0.273. The highest BCUT2D eigenvalue weighted by molar-refractivity contribution is 6.46. The van der Waals surface area contributed by atoms with Gasteiger partial charge in [-0.2, -0.15) is 0 Å². The highest BCUT2D eigenvalue weighted by Gasteiger charge is 2.45. The van der Waals surface area contributed by atoms with E-state index >= 15 is 0 Å². The number of unbranched alkanes of at least 4 members (excludes halogenated alkanes) is 1. The number of hydrogen-bond donors (Lipinski definition) is 1. The molecule has 1 saturated heterocycles. The molecule has 7 heteroatoms. The highest BCUT2D eigenvalue weighted by Crippen LogP contribution is 2.41. The van der Waals surface area contributed by atoms with E-state index < -0.39 is 17.7 Å². The molecule has 2 aromatic carbocycles. The van der Waals surface area contributed by atoms with Crippen molar-refractivity contribution in [2.45, 2.75) is 25.8 Å². The van der Waals surface area contributed by atoms with E-state index in [1.165, 1.54) is 17.0 Å². The number of benzene rings is 2. The lowest BCUT2D eigenvalue weighted by Gasteiger charge is -2.25. The first-order valence-corrected chi connectivity index (χ1v) is 10.0. The summed E-state index contributed by atoms with van der Waals surface area (Å²) >= 11 is 12.0. The molecule has 0 bridgehead atoms. The predicted octanol–water partition coefficient (Wildman–Crippen LogP) is 5.22. The summed E-state index contributed by atoms with van der Waals surface area (Å²) in [4.78, 5) is 27.2. The predicted molar refractivity (Wildman–Crippen MR) is 113 cm³/mol. The molecule has 0 aromatic heterocycles. The Bertz CT molecular complexity index is 987. The van der Waals surface area contributed by atoms with Gasteiger partial charge in [0.05, 0.1) is 28.8 Å². The van der Waals surface area contributed by atoms with E-state index in [1.54, 1.807) is 37.4 Å². The number of methoxy groups -OCH3 is 1. The van der Waals surface area contributed by atoms with Crippen molar-refractivity contribution in [1.29, 1.82) is 0 Å². The standard InChI is InChI=1S/C22H21Cl2NO4/c1-3-4-10-25-19(13-6-5-7-15(11-13)29-2)18(21(27)22(25)28)20(26)14-8-9-16(23)17(24)12-14/h5-9,11-12,19,26H,3-4,10H2,1-2H3/b20-18-. The van der Waals surface area contributed by atoms with Crippen LogP contribution in [0.4, 0.5) is 0 Å². The summed E-state index contributed by atoms with van der Waals surface area (Å²) < 4.78 is 5.29. The smallest absolute Gasteiger partial charge is 0.295 e. The Kier molecular flexibility index (Phi) is 6.50. The van der Waals surface area contributed by atoms with Gasteiger partial charge in [0.2, 0.25) is 0 Å². The van der Waals surface area contributed by atoms with Crippen LogP contribution < -0.4 is 4.74 Å². The lowest BCUT2D eigenvalue weighted by molar-refractivity contribution is -0.139. The largest absolute Gasteiger partial charge is 0.507 e. The number of hydrogen-bond acceptors (Lipinski definition) is 4. The van der Waals surface area contributed by atoms with Gasteiger partial charge in [0, 0.05) is 12.1 Å². The van der Waals surface area contributed by atoms with E-state index in [4.69, 9.17) is 27.9 Å². The van der Waals surface area contributed by atoms with E-state index in [0.717, 1.165) is 12.8 Å². The van der Waals surface area contributed by atoms with E-state index in [9.17, 15) is 14.7 Å². The van der Waals surface area contributed by atoms with Crippen LogP contribution in [0.2, 0.25) is 10.0 Å². The van der Waals surface area contributed by atoms with Crippen molar-refractivity contribution >= 4 is 40.7 Å². The van der Waals surface area contributed by atoms with Gasteiger partial charge in [0.15, 0.2) is 0 Å². The Labute approximate surface area is 179 Å². The van der Waals surface area contributed by atoms with Gasteiger partial charge < -0.3 is 14.7 Å². The van der Waals surface area contributed by atoms with Crippen LogP contribution >= 0.6 is 23.2 Å². The number of halogens is 2. The average molecular weight is 434 g/mol. The Balaban J connectivity index is 2.19. The first kappa shape index (κ1) is 21.2. The van der Waals surface area contributed by atoms with Crippen molar-refractivity contribution in [1.82, 2.24) is 4.90 Å². The van der Waals surface area contributed by atoms with Gasteiger partial charge in [-0.25, -0.2) is 0 Å². The van der Waals surface area contributed by atoms with Crippen LogP contribution in [-0.2, 0) is 9.59 Å². The summed E-state index contributed by atoms with van der Waals surface area (Å²) in [6.45, 7) is 2.41. The zero-order chi connectivity index (χ0) is 21.1. The van der Waals surface area contributed by atoms with Crippen LogP contribution in [0.1, 0.15) is 36.9 Å². The second-order valence-electron chi connectivity index (χ2n) is 6.75. The number of Topliss-reactive ketones (excluding diaryl/α,β-unsaturated/α-hetero) is 1. The molecule has 1 fully saturated rings. The zero-order valence-electron chi connectivity index (χ0n) is 16.1. The highest BCUT2D eigenvalue weighted by atomic mass is 35.5. The van der Waals surface area contributed by atoms with Crippen molar-refractivity contribution in [3.05, 3.63) is 69.2 Å². The Morgan fingerprint density at radius 2 is 1.90 bits per heavy atom. The molecule has 5 nitrogen and oxygen atoms in total. The second kappa shape index (κ2) is 8.89. The number of ether oxygens (including phenoxy) is 1. The number of ketones is 1. The number of rotatable bonds is 6. The molecule has 1 atom stereocenters. The van der Waals surface area contributed by atoms with Gasteiger partial charge in [0.25, 0.3) is 11.7 Å². The van der Waals surface area contributed by atoms with Crippen LogP contribution in [0.25, 0.3) is 5.76 Å². The summed E-state index contributed by atoms with van der Waals surface area (Å²) in [6.07, 6.45) is 1.60. The number of likely N-dealkylation sites (tertiary alicyclic amines) is 1. The lowest BCUT2D eigenvalue weighted by atomic mass is 9.95. The van der Waals surface area contributed by atoms with Crippen LogP contribution in [0, 0.1) is 0 Å². The van der Waals surface area contributed by atoms with E-state index in [2.05, 4.69) is 0 Å². The molecule has 1 heterocycles. The normalized spacial score (nSPS) is 18.3. The number of carbonyl (C=O) groups is 2. The summed E-state index contributed by atoms with van der Waals surface area (Å²) in [7, 11) is 1.54. The Hall–Kier alpha value is -2.50. The van der Waals surface area contributed by atoms with Gasteiger partial charge in [-0.1, -0.05) is 48.7 Å². The maximum atomic E-state index is 12.9. The van der Waals surface area contributed by atoms with Crippen molar-refractivity contribution in [3.8, 4) is 5.75 Å². The molecule has 2 aromatic rings. The fourth-order valence-corrected chi connectivity index (χ4v) is 3.69. The molecule has 1 aliphatic heterocycles. The first-order valence-electron chi connectivity index (χ1n) is 9.26. The minimum Gasteiger partial charge on any atom is -0.507 e. The number of nitrogens with zero attached hydrogens (tertiary/aromatic N) is 1. The molecule has 152 valence electrons. The average Bonchev–Trinajstić information content (AvgIpc) is 2.98. The summed E-state index contributed by atoms with van der Waals surface area (Å²) in [5.74, 6) is -1.04. The molecule has 3 rings (SSSR count). The Morgan fingerprint density at radius 1 is 1.14 bits per heavy atom. The fourth-order valence-electron chi connectivity index (χ4n) is 3.40. The molecule has 0 spiro atoms. The minimum atomic E-state index is -0.725. The molecule has 1 unspecified atom stereocenters. The van der Waals surface area contributed by atoms with Gasteiger partial charge in [-0.05, 0) is 42.3 Å². The zero-order valence-corrected chi connectivity index (χ0v) is 17.6. The van der Waals surface area contributed by atoms with E-state index in [1.807, 2.05) is 6.92 Å². The van der Waals surface area contributed by atoms with Crippen LogP contribution in [0.3, 0.4) is 0 Å². The topological polar surface area (TPSA) is 66.8 Å². The quantitative estimate of drug-likeness (QED) is 0.385. The lowest BCUT2D eigenvalue weighted by Crippen LogP contribution is -2.30. The Morgan fingerprint density at radius 3 is 2.55 bits per heavy atom. The number of aliphatic hydroxyl groups is 1. The number of amides is 1. The molecular formula is C22H21Cl2NO4. The monoisotopic (exact) mass is 433 g/mol. The van der Waals surface area contributed by atoms with Crippen molar-refractivity contribution in [3.63, 3.8) is 0 Å². The molecule has 29 heavy (non-hydrogen) atoms. The van der Waals surface area contributed by atoms with Crippen LogP contribution in [-0.4, -0.2) is 35.4 Å². The maximum absolute atomic E-state index is 12.9. The minimum absolute atomic E-state index is 0.0257. The van der Waals surface area contributed by atoms with E-state index in [0.29, 0.717) is 28.4 Å². The second-order valence-corrected chi connectivity index (χ2v) is 7.57. The third-order valence-electron chi connectivity index (χ3n) is 4.90. The maximum Gasteiger partial charge on any atom is 0.295 e. The molecule has 1 aliphatic rings. The van der Waals surface area contributed by atoms with Crippen LogP contribution in [0.5, 0.6) is 5.75 Å². The van der Waals surface area contributed by atoms with Gasteiger partial charge in [0.1, 0.15) is 11.5 Å². The van der Waals surface area contributed by atoms with Crippen molar-refractivity contribution in [2.75, 3.05) is 13.7 Å². The summed E-state index contributed by atoms with van der Waals surface area (Å²) in [5.41, 5.74) is 1.03. The third kappa shape index (κ3) is 4.11. The number of aliphatic hydroxyl groups excluding tert-OH is 1. The van der Waals surface area contributed by atoms with Gasteiger partial charge in [-0.15, -0.1) is 0 Å². The van der Waals surface area contributed by atoms with Gasteiger partial charge >= 0.3 is 0 Å². The molecule has 0 saturated carbocycles. The molecule has 1 N–H and O–H groups in total. The van der Waals surface area contributed by atoms with Crippen molar-refractivity contribution < 1.29 is 19.4 Å². The van der Waals surface area contributed by atoms with E-state index in [-0.39, 0.29) is 16.4 Å². The van der Waals surface area contributed by atoms with Gasteiger partial charge in [-0.3, -0.25) is 9.59 Å². The molecule has 0 aliphatic carbocycles. The number of carbonyl (C=O) groups excluding carboxylic acids is 2.